The van der Waals surface area contributed by atoms with Crippen molar-refractivity contribution >= 4 is 16.8 Å². The van der Waals surface area contributed by atoms with E-state index in [1.807, 2.05) is 30.3 Å². The first-order chi connectivity index (χ1) is 11.2. The zero-order valence-electron chi connectivity index (χ0n) is 12.3. The average molecular weight is 310 g/mol. The van der Waals surface area contributed by atoms with E-state index < -0.39 is 5.82 Å². The molecule has 0 spiro atoms. The summed E-state index contributed by atoms with van der Waals surface area (Å²) >= 11 is 0. The summed E-state index contributed by atoms with van der Waals surface area (Å²) in [5, 5.41) is 3.74. The minimum atomic E-state index is -0.487. The van der Waals surface area contributed by atoms with Crippen molar-refractivity contribution in [2.75, 3.05) is 6.61 Å². The smallest absolute Gasteiger partial charge is 0.258 e. The van der Waals surface area contributed by atoms with E-state index in [-0.39, 0.29) is 18.3 Å². The molecule has 3 rings (SSSR count). The van der Waals surface area contributed by atoms with E-state index in [4.69, 9.17) is 4.74 Å². The van der Waals surface area contributed by atoms with Crippen LogP contribution in [0.2, 0.25) is 0 Å². The summed E-state index contributed by atoms with van der Waals surface area (Å²) in [4.78, 5) is 16.1. The van der Waals surface area contributed by atoms with Gasteiger partial charge >= 0.3 is 0 Å². The highest BCUT2D eigenvalue weighted by atomic mass is 19.1. The summed E-state index contributed by atoms with van der Waals surface area (Å²) in [6.45, 7) is 0.110. The van der Waals surface area contributed by atoms with Gasteiger partial charge in [-0.15, -0.1) is 0 Å². The van der Waals surface area contributed by atoms with E-state index >= 15 is 0 Å². The van der Waals surface area contributed by atoms with Gasteiger partial charge in [0.1, 0.15) is 0 Å². The number of rotatable bonds is 5. The van der Waals surface area contributed by atoms with Crippen LogP contribution in [0.5, 0.6) is 5.75 Å². The number of carbonyl (C=O) groups excluding carboxylic acids is 1. The Morgan fingerprint density at radius 1 is 1.13 bits per heavy atom. The highest BCUT2D eigenvalue weighted by Crippen LogP contribution is 2.15. The average Bonchev–Trinajstić information content (AvgIpc) is 2.59. The molecule has 0 radical (unpaired) electrons. The van der Waals surface area contributed by atoms with Crippen LogP contribution in [0, 0.1) is 5.82 Å². The Balaban J connectivity index is 1.54. The van der Waals surface area contributed by atoms with Crippen LogP contribution < -0.4 is 10.1 Å². The maximum Gasteiger partial charge on any atom is 0.258 e. The molecule has 4 nitrogen and oxygen atoms in total. The van der Waals surface area contributed by atoms with Crippen LogP contribution in [0.1, 0.15) is 5.56 Å². The molecule has 0 saturated carbocycles. The molecule has 1 N–H and O–H groups in total. The number of halogens is 1. The maximum atomic E-state index is 13.4. The quantitative estimate of drug-likeness (QED) is 0.788. The fourth-order valence-electron chi connectivity index (χ4n) is 2.17. The number of pyridine rings is 1. The topological polar surface area (TPSA) is 51.2 Å². The van der Waals surface area contributed by atoms with E-state index in [0.29, 0.717) is 6.54 Å². The first-order valence-corrected chi connectivity index (χ1v) is 7.20. The highest BCUT2D eigenvalue weighted by molar-refractivity contribution is 5.79. The van der Waals surface area contributed by atoms with Gasteiger partial charge in [0.05, 0.1) is 5.52 Å². The van der Waals surface area contributed by atoms with E-state index in [9.17, 15) is 9.18 Å². The molecule has 0 unspecified atom stereocenters. The van der Waals surface area contributed by atoms with Crippen molar-refractivity contribution in [1.29, 1.82) is 0 Å². The summed E-state index contributed by atoms with van der Waals surface area (Å²) in [6, 6.07) is 15.7. The summed E-state index contributed by atoms with van der Waals surface area (Å²) in [7, 11) is 0. The predicted molar refractivity (Wildman–Crippen MR) is 85.5 cm³/mol. The lowest BCUT2D eigenvalue weighted by atomic mass is 10.1. The number of fused-ring (bicyclic) bond motifs is 1. The first kappa shape index (κ1) is 15.0. The molecule has 0 aliphatic heterocycles. The number of hydrogen-bond acceptors (Lipinski definition) is 3. The zero-order valence-corrected chi connectivity index (χ0v) is 12.3. The molecule has 23 heavy (non-hydrogen) atoms. The molecule has 0 atom stereocenters. The van der Waals surface area contributed by atoms with Crippen molar-refractivity contribution in [1.82, 2.24) is 10.3 Å². The third kappa shape index (κ3) is 3.83. The van der Waals surface area contributed by atoms with Crippen molar-refractivity contribution in [2.45, 2.75) is 6.54 Å². The summed E-state index contributed by atoms with van der Waals surface area (Å²) in [6.07, 6.45) is 1.72. The largest absolute Gasteiger partial charge is 0.481 e. The van der Waals surface area contributed by atoms with Gasteiger partial charge in [0.25, 0.3) is 5.91 Å². The maximum absolute atomic E-state index is 13.4. The zero-order chi connectivity index (χ0) is 16.1. The van der Waals surface area contributed by atoms with Crippen LogP contribution >= 0.6 is 0 Å². The number of aromatic nitrogens is 1. The van der Waals surface area contributed by atoms with Crippen LogP contribution in [0.3, 0.4) is 0 Å². The molecule has 5 heteroatoms. The van der Waals surface area contributed by atoms with Gasteiger partial charge in [0.2, 0.25) is 0 Å². The Morgan fingerprint density at radius 3 is 2.78 bits per heavy atom. The molecule has 0 fully saturated rings. The predicted octanol–water partition coefficient (Wildman–Crippen LogP) is 3.07. The molecule has 0 aliphatic carbocycles. The van der Waals surface area contributed by atoms with Gasteiger partial charge in [-0.1, -0.05) is 30.3 Å². The van der Waals surface area contributed by atoms with E-state index in [0.717, 1.165) is 16.5 Å². The molecule has 1 aromatic heterocycles. The van der Waals surface area contributed by atoms with Crippen molar-refractivity contribution in [2.24, 2.45) is 0 Å². The fraction of sp³-hybridized carbons (Fsp3) is 0.111. The lowest BCUT2D eigenvalue weighted by molar-refractivity contribution is -0.123. The van der Waals surface area contributed by atoms with Gasteiger partial charge in [-0.2, -0.15) is 0 Å². The van der Waals surface area contributed by atoms with E-state index in [1.54, 1.807) is 18.3 Å². The van der Waals surface area contributed by atoms with Crippen LogP contribution in [0.15, 0.2) is 60.8 Å². The molecule has 1 heterocycles. The van der Waals surface area contributed by atoms with Gasteiger partial charge in [0.15, 0.2) is 18.2 Å². The Labute approximate surface area is 132 Å². The van der Waals surface area contributed by atoms with Crippen molar-refractivity contribution < 1.29 is 13.9 Å². The lowest BCUT2D eigenvalue weighted by Crippen LogP contribution is -2.28. The number of amides is 1. The number of ether oxygens (including phenoxy) is 1. The van der Waals surface area contributed by atoms with Gasteiger partial charge in [0, 0.05) is 18.1 Å². The van der Waals surface area contributed by atoms with Crippen LogP contribution in [0.25, 0.3) is 10.9 Å². The second-order valence-electron chi connectivity index (χ2n) is 5.03. The Hall–Kier alpha value is -2.95. The summed E-state index contributed by atoms with van der Waals surface area (Å²) in [5.41, 5.74) is 1.80. The molecule has 0 aliphatic rings. The van der Waals surface area contributed by atoms with Crippen molar-refractivity contribution in [3.63, 3.8) is 0 Å². The van der Waals surface area contributed by atoms with Gasteiger partial charge in [-0.05, 0) is 29.8 Å². The Kier molecular flexibility index (Phi) is 4.47. The molecular formula is C18H15FN2O2. The Morgan fingerprint density at radius 2 is 1.91 bits per heavy atom. The fourth-order valence-corrected chi connectivity index (χ4v) is 2.17. The summed E-state index contributed by atoms with van der Waals surface area (Å²) in [5.74, 6) is -0.740. The number of carbonyl (C=O) groups is 1. The van der Waals surface area contributed by atoms with Gasteiger partial charge < -0.3 is 10.1 Å². The third-order valence-corrected chi connectivity index (χ3v) is 3.33. The molecule has 1 amide bonds. The molecule has 2 aromatic carbocycles. The number of benzene rings is 2. The van der Waals surface area contributed by atoms with Gasteiger partial charge in [-0.3, -0.25) is 9.78 Å². The van der Waals surface area contributed by atoms with E-state index in [2.05, 4.69) is 10.3 Å². The van der Waals surface area contributed by atoms with Crippen LogP contribution in [-0.2, 0) is 11.3 Å². The first-order valence-electron chi connectivity index (χ1n) is 7.20. The van der Waals surface area contributed by atoms with Gasteiger partial charge in [-0.25, -0.2) is 4.39 Å². The van der Waals surface area contributed by atoms with Crippen LogP contribution in [0.4, 0.5) is 4.39 Å². The minimum Gasteiger partial charge on any atom is -0.481 e. The molecule has 0 saturated heterocycles. The molecule has 0 bridgehead atoms. The number of para-hydroxylation sites is 2. The second-order valence-corrected chi connectivity index (χ2v) is 5.03. The number of nitrogens with one attached hydrogen (secondary N) is 1. The van der Waals surface area contributed by atoms with Crippen molar-refractivity contribution in [3.05, 3.63) is 72.2 Å². The number of nitrogens with zero attached hydrogens (tertiary/aromatic N) is 1. The SMILES string of the molecule is O=C(COc1ccccc1F)NCc1cnc2ccccc2c1. The van der Waals surface area contributed by atoms with Crippen molar-refractivity contribution in [3.8, 4) is 5.75 Å². The normalized spacial score (nSPS) is 10.5. The molecular weight excluding hydrogens is 295 g/mol. The standard InChI is InChI=1S/C18H15FN2O2/c19-15-6-2-4-8-17(15)23-12-18(22)21-11-13-9-14-5-1-3-7-16(14)20-10-13/h1-10H,11-12H2,(H,21,22). The monoisotopic (exact) mass is 310 g/mol. The second kappa shape index (κ2) is 6.87. The van der Waals surface area contributed by atoms with Crippen LogP contribution in [-0.4, -0.2) is 17.5 Å². The third-order valence-electron chi connectivity index (χ3n) is 3.33. The number of hydrogen-bond donors (Lipinski definition) is 1. The molecule has 116 valence electrons. The highest BCUT2D eigenvalue weighted by Gasteiger charge is 2.06. The lowest BCUT2D eigenvalue weighted by Gasteiger charge is -2.08. The minimum absolute atomic E-state index is 0.0648. The molecule has 3 aromatic rings. The summed E-state index contributed by atoms with van der Waals surface area (Å²) < 4.78 is 18.5. The Bertz CT molecular complexity index is 836. The van der Waals surface area contributed by atoms with E-state index in [1.165, 1.54) is 12.1 Å².